The van der Waals surface area contributed by atoms with Gasteiger partial charge >= 0.3 is 0 Å². The van der Waals surface area contributed by atoms with Gasteiger partial charge in [-0.2, -0.15) is 0 Å². The van der Waals surface area contributed by atoms with Crippen molar-refractivity contribution in [2.75, 3.05) is 13.2 Å². The van der Waals surface area contributed by atoms with Crippen molar-refractivity contribution in [3.63, 3.8) is 0 Å². The molecule has 2 rings (SSSR count). The van der Waals surface area contributed by atoms with Crippen molar-refractivity contribution >= 4 is 0 Å². The fourth-order valence-corrected chi connectivity index (χ4v) is 1.12. The smallest absolute Gasteiger partial charge is 0.0468 e. The van der Waals surface area contributed by atoms with Crippen LogP contribution in [0.3, 0.4) is 0 Å². The average molecular weight is 206 g/mol. The maximum atomic E-state index is 5.14. The summed E-state index contributed by atoms with van der Waals surface area (Å²) in [5, 5.41) is 0. The maximum absolute atomic E-state index is 5.14. The molecular weight excluding hydrogens is 184 g/mol. The fraction of sp³-hybridized carbons (Fsp3) is 0.571. The van der Waals surface area contributed by atoms with Gasteiger partial charge in [0, 0.05) is 13.2 Å². The Morgan fingerprint density at radius 3 is 1.67 bits per heavy atom. The van der Waals surface area contributed by atoms with Crippen molar-refractivity contribution < 1.29 is 4.74 Å². The van der Waals surface area contributed by atoms with Crippen LogP contribution in [0.5, 0.6) is 0 Å². The molecule has 84 valence electrons. The van der Waals surface area contributed by atoms with Gasteiger partial charge in [-0.25, -0.2) is 0 Å². The molecule has 0 radical (unpaired) electrons. The molecule has 0 unspecified atom stereocenters. The first-order chi connectivity index (χ1) is 7.39. The second-order valence-electron chi connectivity index (χ2n) is 3.30. The van der Waals surface area contributed by atoms with Crippen LogP contribution in [0, 0.1) is 18.1 Å². The minimum absolute atomic E-state index is 0.911. The van der Waals surface area contributed by atoms with E-state index in [1.165, 1.54) is 12.8 Å². The SMILES string of the molecule is CC.CC1CCOCC1.c1ccccc#1. The molecule has 0 saturated carbocycles. The van der Waals surface area contributed by atoms with E-state index in [1.807, 2.05) is 38.1 Å². The highest BCUT2D eigenvalue weighted by atomic mass is 16.5. The maximum Gasteiger partial charge on any atom is 0.0468 e. The second-order valence-corrected chi connectivity index (χ2v) is 3.30. The summed E-state index contributed by atoms with van der Waals surface area (Å²) in [7, 11) is 0. The quantitative estimate of drug-likeness (QED) is 0.628. The molecule has 0 amide bonds. The van der Waals surface area contributed by atoms with Gasteiger partial charge in [-0.05, 0) is 30.9 Å². The second kappa shape index (κ2) is 11.1. The van der Waals surface area contributed by atoms with Crippen molar-refractivity contribution in [3.05, 3.63) is 36.4 Å². The molecule has 0 atom stereocenters. The standard InChI is InChI=1S/C6H12O.C6H4.C2H6/c1-6-2-4-7-5-3-6;1-2-4-6-5-3-1;1-2/h6H,2-5H2,1H3;1-4H;1-2H3. The average Bonchev–Trinajstić information content (AvgIpc) is 2.36. The molecule has 0 bridgehead atoms. The Hall–Kier alpha value is -1.00. The van der Waals surface area contributed by atoms with Crippen molar-refractivity contribution in [1.82, 2.24) is 0 Å². The van der Waals surface area contributed by atoms with E-state index in [2.05, 4.69) is 19.1 Å². The van der Waals surface area contributed by atoms with Crippen LogP contribution in [0.15, 0.2) is 24.3 Å². The van der Waals surface area contributed by atoms with E-state index in [0.717, 1.165) is 19.1 Å². The molecule has 1 heterocycles. The Morgan fingerprint density at radius 2 is 1.47 bits per heavy atom. The number of rotatable bonds is 0. The van der Waals surface area contributed by atoms with Crippen LogP contribution < -0.4 is 0 Å². The van der Waals surface area contributed by atoms with Crippen LogP contribution in [0.1, 0.15) is 33.6 Å². The molecule has 0 N–H and O–H groups in total. The lowest BCUT2D eigenvalue weighted by atomic mass is 10.0. The molecule has 1 aromatic rings. The van der Waals surface area contributed by atoms with Crippen LogP contribution in [-0.2, 0) is 4.74 Å². The number of hydrogen-bond donors (Lipinski definition) is 0. The fourth-order valence-electron chi connectivity index (χ4n) is 1.12. The lowest BCUT2D eigenvalue weighted by molar-refractivity contribution is 0.0716. The molecule has 1 aromatic carbocycles. The summed E-state index contributed by atoms with van der Waals surface area (Å²) >= 11 is 0. The van der Waals surface area contributed by atoms with Crippen LogP contribution in [0.2, 0.25) is 0 Å². The summed E-state index contributed by atoms with van der Waals surface area (Å²) in [4.78, 5) is 0. The highest BCUT2D eigenvalue weighted by Crippen LogP contribution is 2.11. The lowest BCUT2D eigenvalue weighted by Gasteiger charge is -2.16. The van der Waals surface area contributed by atoms with Gasteiger partial charge in [0.1, 0.15) is 0 Å². The van der Waals surface area contributed by atoms with Crippen LogP contribution >= 0.6 is 0 Å². The molecule has 0 aromatic heterocycles. The summed E-state index contributed by atoms with van der Waals surface area (Å²) < 4.78 is 5.14. The van der Waals surface area contributed by atoms with Gasteiger partial charge < -0.3 is 4.74 Å². The first kappa shape index (κ1) is 14.0. The topological polar surface area (TPSA) is 9.23 Å². The third kappa shape index (κ3) is 9.31. The van der Waals surface area contributed by atoms with E-state index in [1.54, 1.807) is 0 Å². The van der Waals surface area contributed by atoms with E-state index >= 15 is 0 Å². The molecule has 1 aliphatic rings. The van der Waals surface area contributed by atoms with E-state index in [9.17, 15) is 0 Å². The summed E-state index contributed by atoms with van der Waals surface area (Å²) in [6.07, 6.45) is 2.53. The number of ether oxygens (including phenoxy) is 1. The molecule has 1 saturated heterocycles. The third-order valence-corrected chi connectivity index (χ3v) is 2.06. The predicted molar refractivity (Wildman–Crippen MR) is 64.7 cm³/mol. The lowest BCUT2D eigenvalue weighted by Crippen LogP contribution is -2.12. The monoisotopic (exact) mass is 206 g/mol. The van der Waals surface area contributed by atoms with Gasteiger partial charge in [0.2, 0.25) is 0 Å². The Bertz CT molecular complexity index is 163. The third-order valence-electron chi connectivity index (χ3n) is 2.06. The van der Waals surface area contributed by atoms with Gasteiger partial charge in [-0.1, -0.05) is 45.0 Å². The zero-order valence-corrected chi connectivity index (χ0v) is 10.1. The van der Waals surface area contributed by atoms with Gasteiger partial charge in [0.15, 0.2) is 0 Å². The van der Waals surface area contributed by atoms with Gasteiger partial charge in [0.25, 0.3) is 0 Å². The van der Waals surface area contributed by atoms with Crippen molar-refractivity contribution in [3.8, 4) is 0 Å². The van der Waals surface area contributed by atoms with Crippen molar-refractivity contribution in [1.29, 1.82) is 0 Å². The Labute approximate surface area is 94.5 Å². The minimum atomic E-state index is 0.911. The first-order valence-electron chi connectivity index (χ1n) is 5.80. The van der Waals surface area contributed by atoms with Crippen LogP contribution in [0.4, 0.5) is 0 Å². The molecule has 0 aliphatic carbocycles. The van der Waals surface area contributed by atoms with Gasteiger partial charge in [-0.15, -0.1) is 0 Å². The zero-order chi connectivity index (χ0) is 11.4. The Kier molecular flexibility index (Phi) is 10.3. The van der Waals surface area contributed by atoms with E-state index in [0.29, 0.717) is 0 Å². The number of hydrogen-bond acceptors (Lipinski definition) is 1. The van der Waals surface area contributed by atoms with Crippen molar-refractivity contribution in [2.24, 2.45) is 5.92 Å². The zero-order valence-electron chi connectivity index (χ0n) is 10.1. The van der Waals surface area contributed by atoms with Crippen LogP contribution in [-0.4, -0.2) is 13.2 Å². The molecule has 0 spiro atoms. The highest BCUT2D eigenvalue weighted by Gasteiger charge is 2.06. The molecule has 1 fully saturated rings. The summed E-state index contributed by atoms with van der Waals surface area (Å²) in [5.41, 5.74) is 0. The van der Waals surface area contributed by atoms with Crippen molar-refractivity contribution in [2.45, 2.75) is 33.6 Å². The van der Waals surface area contributed by atoms with E-state index < -0.39 is 0 Å². The summed E-state index contributed by atoms with van der Waals surface area (Å²) in [5.74, 6) is 0.911. The van der Waals surface area contributed by atoms with Gasteiger partial charge in [0.05, 0.1) is 0 Å². The minimum Gasteiger partial charge on any atom is -0.381 e. The van der Waals surface area contributed by atoms with Crippen LogP contribution in [0.25, 0.3) is 0 Å². The van der Waals surface area contributed by atoms with Gasteiger partial charge in [-0.3, -0.25) is 0 Å². The molecular formula is C14H22O. The molecule has 1 nitrogen and oxygen atoms in total. The Balaban J connectivity index is 0.000000227. The van der Waals surface area contributed by atoms with E-state index in [-0.39, 0.29) is 0 Å². The Morgan fingerprint density at radius 1 is 1.00 bits per heavy atom. The predicted octanol–water partition coefficient (Wildman–Crippen LogP) is 3.75. The molecule has 1 aliphatic heterocycles. The summed E-state index contributed by atoms with van der Waals surface area (Å²) in [6, 6.07) is 13.0. The largest absolute Gasteiger partial charge is 0.381 e. The summed E-state index contributed by atoms with van der Waals surface area (Å²) in [6.45, 7) is 8.25. The molecule has 15 heavy (non-hydrogen) atoms. The highest BCUT2D eigenvalue weighted by molar-refractivity contribution is 4.89. The first-order valence-corrected chi connectivity index (χ1v) is 5.80. The molecule has 1 heteroatoms. The normalized spacial score (nSPS) is 14.9. The van der Waals surface area contributed by atoms with E-state index in [4.69, 9.17) is 4.74 Å².